The Balaban J connectivity index is 1.01. The Labute approximate surface area is 282 Å². The third kappa shape index (κ3) is 6.40. The van der Waals surface area contributed by atoms with Crippen molar-refractivity contribution in [3.63, 3.8) is 0 Å². The molecule has 8 rings (SSSR count). The van der Waals surface area contributed by atoms with Gasteiger partial charge >= 0.3 is 0 Å². The first kappa shape index (κ1) is 31.3. The number of ether oxygens (including phenoxy) is 2. The zero-order valence-electron chi connectivity index (χ0n) is 28.1. The molecule has 4 aliphatic rings. The second-order valence-electron chi connectivity index (χ2n) is 14.2. The van der Waals surface area contributed by atoms with E-state index in [-0.39, 0.29) is 5.91 Å². The lowest BCUT2D eigenvalue weighted by Crippen LogP contribution is -2.50. The van der Waals surface area contributed by atoms with Crippen LogP contribution < -0.4 is 15.0 Å². The van der Waals surface area contributed by atoms with Crippen LogP contribution in [0.25, 0.3) is 22.3 Å². The first-order chi connectivity index (χ1) is 23.5. The molecule has 252 valence electrons. The van der Waals surface area contributed by atoms with Crippen molar-refractivity contribution in [3.05, 3.63) is 60.0 Å². The molecule has 10 nitrogen and oxygen atoms in total. The van der Waals surface area contributed by atoms with Crippen LogP contribution in [0.15, 0.2) is 48.8 Å². The molecule has 1 amide bonds. The third-order valence-corrected chi connectivity index (χ3v) is 11.3. The molecule has 1 N–H and O–H groups in total. The lowest BCUT2D eigenvalue weighted by atomic mass is 9.71. The minimum absolute atomic E-state index is 0.205. The molecule has 4 aromatic rings. The molecule has 1 spiro atoms. The smallest absolute Gasteiger partial charge is 0.258 e. The number of pyridine rings is 2. The summed E-state index contributed by atoms with van der Waals surface area (Å²) in [6.07, 6.45) is 13.9. The van der Waals surface area contributed by atoms with Crippen molar-refractivity contribution >= 4 is 28.6 Å². The monoisotopic (exact) mass is 649 g/mol. The number of anilines is 2. The van der Waals surface area contributed by atoms with Crippen LogP contribution in [-0.4, -0.2) is 82.4 Å². The Kier molecular flexibility index (Phi) is 8.77. The van der Waals surface area contributed by atoms with E-state index in [0.29, 0.717) is 29.2 Å². The van der Waals surface area contributed by atoms with E-state index in [4.69, 9.17) is 19.4 Å². The van der Waals surface area contributed by atoms with E-state index in [0.717, 1.165) is 86.2 Å². The quantitative estimate of drug-likeness (QED) is 0.264. The lowest BCUT2D eigenvalue weighted by Gasteiger charge is -2.49. The van der Waals surface area contributed by atoms with Gasteiger partial charge in [-0.05, 0) is 120 Å². The normalized spacial score (nSPS) is 21.1. The van der Waals surface area contributed by atoms with Crippen LogP contribution in [0.5, 0.6) is 5.75 Å². The molecule has 0 radical (unpaired) electrons. The lowest BCUT2D eigenvalue weighted by molar-refractivity contribution is -0.000200. The van der Waals surface area contributed by atoms with Gasteiger partial charge in [-0.2, -0.15) is 0 Å². The number of benzene rings is 1. The summed E-state index contributed by atoms with van der Waals surface area (Å²) in [5.74, 6) is 1.12. The van der Waals surface area contributed by atoms with Gasteiger partial charge in [-0.3, -0.25) is 20.1 Å². The number of fused-ring (bicyclic) bond motifs is 7. The van der Waals surface area contributed by atoms with Gasteiger partial charge in [-0.15, -0.1) is 0 Å². The molecule has 4 aliphatic heterocycles. The molecule has 3 aromatic heterocycles. The van der Waals surface area contributed by atoms with Crippen molar-refractivity contribution in [1.29, 1.82) is 0 Å². The molecule has 3 fully saturated rings. The number of piperidine rings is 2. The number of aryl methyl sites for hydroxylation is 2. The summed E-state index contributed by atoms with van der Waals surface area (Å²) in [6, 6.07) is 12.8. The molecule has 0 atom stereocenters. The summed E-state index contributed by atoms with van der Waals surface area (Å²) in [5.41, 5.74) is 6.44. The molecule has 3 saturated heterocycles. The van der Waals surface area contributed by atoms with Crippen LogP contribution >= 0.6 is 0 Å². The van der Waals surface area contributed by atoms with Crippen LogP contribution in [0.3, 0.4) is 0 Å². The Morgan fingerprint density at radius 3 is 2.52 bits per heavy atom. The number of rotatable bonds is 2. The summed E-state index contributed by atoms with van der Waals surface area (Å²) in [5, 5.41) is 3.16. The highest BCUT2D eigenvalue weighted by molar-refractivity contribution is 6.05. The van der Waals surface area contributed by atoms with Crippen LogP contribution in [0.1, 0.15) is 73.8 Å². The molecule has 0 aliphatic carbocycles. The maximum absolute atomic E-state index is 13.7. The molecule has 48 heavy (non-hydrogen) atoms. The van der Waals surface area contributed by atoms with Crippen molar-refractivity contribution < 1.29 is 14.3 Å². The predicted molar refractivity (Wildman–Crippen MR) is 188 cm³/mol. The van der Waals surface area contributed by atoms with E-state index in [2.05, 4.69) is 42.9 Å². The zero-order valence-corrected chi connectivity index (χ0v) is 28.1. The molecule has 10 heteroatoms. The standard InChI is InChI=1S/C38H47N7O3/c1-27-23-28-24-33(40-27)31-26-39-14-7-35(31)48-20-4-2-3-15-45-34-25-30(5-6-32(34)41-37(45)42-36(28)46)44-18-12-38(13-19-44)10-16-43(17-11-38)29-8-21-47-22-9-29/h5-7,14,23-26,29H,2-4,8-13,15-22H2,1H3,(H,41,42,46). The van der Waals surface area contributed by atoms with Crippen molar-refractivity contribution in [1.82, 2.24) is 24.4 Å². The summed E-state index contributed by atoms with van der Waals surface area (Å²) >= 11 is 0. The first-order valence-electron chi connectivity index (χ1n) is 18.0. The van der Waals surface area contributed by atoms with E-state index in [1.807, 2.05) is 25.1 Å². The summed E-state index contributed by atoms with van der Waals surface area (Å²) in [6.45, 7) is 9.77. The Morgan fingerprint density at radius 1 is 0.875 bits per heavy atom. The summed E-state index contributed by atoms with van der Waals surface area (Å²) in [7, 11) is 0. The second kappa shape index (κ2) is 13.5. The average molecular weight is 650 g/mol. The van der Waals surface area contributed by atoms with Gasteiger partial charge in [0, 0.05) is 68.2 Å². The summed E-state index contributed by atoms with van der Waals surface area (Å²) < 4.78 is 14.0. The Hall–Kier alpha value is -4.02. The zero-order chi connectivity index (χ0) is 32.5. The van der Waals surface area contributed by atoms with Gasteiger partial charge in [0.1, 0.15) is 5.75 Å². The fourth-order valence-electron chi connectivity index (χ4n) is 8.32. The first-order valence-corrected chi connectivity index (χ1v) is 18.0. The number of carbonyl (C=O) groups excluding carboxylic acids is 1. The van der Waals surface area contributed by atoms with Crippen molar-refractivity contribution in [2.45, 2.75) is 77.3 Å². The molecule has 2 bridgehead atoms. The predicted octanol–water partition coefficient (Wildman–Crippen LogP) is 6.48. The number of carbonyl (C=O) groups is 1. The molecular weight excluding hydrogens is 602 g/mol. The van der Waals surface area contributed by atoms with Crippen LogP contribution in [0, 0.1) is 12.3 Å². The fourth-order valence-corrected chi connectivity index (χ4v) is 8.32. The number of nitrogens with zero attached hydrogens (tertiary/aromatic N) is 6. The Bertz CT molecular complexity index is 1760. The Morgan fingerprint density at radius 2 is 1.69 bits per heavy atom. The highest BCUT2D eigenvalue weighted by Gasteiger charge is 2.39. The third-order valence-electron chi connectivity index (χ3n) is 11.3. The minimum Gasteiger partial charge on any atom is -0.493 e. The van der Waals surface area contributed by atoms with Crippen LogP contribution in [0.2, 0.25) is 0 Å². The van der Waals surface area contributed by atoms with Gasteiger partial charge < -0.3 is 23.8 Å². The van der Waals surface area contributed by atoms with Gasteiger partial charge in [0.25, 0.3) is 5.91 Å². The highest BCUT2D eigenvalue weighted by atomic mass is 16.5. The number of amides is 1. The number of nitrogens with one attached hydrogen (secondary N) is 1. The average Bonchev–Trinajstić information content (AvgIpc) is 3.46. The van der Waals surface area contributed by atoms with Gasteiger partial charge in [-0.1, -0.05) is 0 Å². The number of hydrogen-bond acceptors (Lipinski definition) is 8. The molecule has 0 saturated carbocycles. The minimum atomic E-state index is -0.205. The second-order valence-corrected chi connectivity index (χ2v) is 14.2. The van der Waals surface area contributed by atoms with Gasteiger partial charge in [0.05, 0.1) is 28.9 Å². The van der Waals surface area contributed by atoms with E-state index < -0.39 is 0 Å². The highest BCUT2D eigenvalue weighted by Crippen LogP contribution is 2.43. The van der Waals surface area contributed by atoms with E-state index in [1.54, 1.807) is 12.4 Å². The van der Waals surface area contributed by atoms with E-state index >= 15 is 0 Å². The SMILES string of the molecule is Cc1cc2cc(n1)-c1cnccc1OCCCCCn1c(nc3ccc(N4CCC5(CC4)CCN(C4CCOCC4)CC5)cc31)NC2=O. The van der Waals surface area contributed by atoms with E-state index in [1.165, 1.54) is 57.3 Å². The maximum atomic E-state index is 13.7. The maximum Gasteiger partial charge on any atom is 0.258 e. The fraction of sp³-hybridized carbons (Fsp3) is 0.526. The van der Waals surface area contributed by atoms with Gasteiger partial charge in [0.2, 0.25) is 5.95 Å². The summed E-state index contributed by atoms with van der Waals surface area (Å²) in [4.78, 5) is 33.0. The molecule has 0 unspecified atom stereocenters. The van der Waals surface area contributed by atoms with Gasteiger partial charge in [0.15, 0.2) is 0 Å². The van der Waals surface area contributed by atoms with Crippen LogP contribution in [-0.2, 0) is 11.3 Å². The topological polar surface area (TPSA) is 97.6 Å². The largest absolute Gasteiger partial charge is 0.493 e. The number of likely N-dealkylation sites (tertiary alicyclic amines) is 1. The van der Waals surface area contributed by atoms with Crippen molar-refractivity contribution in [2.24, 2.45) is 5.41 Å². The molecule has 1 aromatic carbocycles. The molecule has 7 heterocycles. The van der Waals surface area contributed by atoms with Crippen molar-refractivity contribution in [2.75, 3.05) is 56.2 Å². The van der Waals surface area contributed by atoms with E-state index in [9.17, 15) is 4.79 Å². The number of imidazole rings is 1. The number of hydrogen-bond donors (Lipinski definition) is 1. The number of aromatic nitrogens is 4. The van der Waals surface area contributed by atoms with Crippen molar-refractivity contribution in [3.8, 4) is 17.0 Å². The molecular formula is C38H47N7O3. The van der Waals surface area contributed by atoms with Gasteiger partial charge in [-0.25, -0.2) is 4.98 Å². The van der Waals surface area contributed by atoms with Crippen LogP contribution in [0.4, 0.5) is 11.6 Å².